The molecule has 2 N–H and O–H groups in total. The fourth-order valence-electron chi connectivity index (χ4n) is 1.37. The second-order valence-electron chi connectivity index (χ2n) is 3.17. The fourth-order valence-corrected chi connectivity index (χ4v) is 1.37. The van der Waals surface area contributed by atoms with Crippen molar-refractivity contribution in [3.63, 3.8) is 0 Å². The van der Waals surface area contributed by atoms with Crippen LogP contribution in [0, 0.1) is 11.6 Å². The summed E-state index contributed by atoms with van der Waals surface area (Å²) in [5.74, 6) is -0.722. The first-order valence-corrected chi connectivity index (χ1v) is 3.89. The summed E-state index contributed by atoms with van der Waals surface area (Å²) in [4.78, 5) is 0. The maximum atomic E-state index is 13.0. The van der Waals surface area contributed by atoms with Crippen LogP contribution < -0.4 is 5.73 Å². The number of rotatable bonds is 1. The summed E-state index contributed by atoms with van der Waals surface area (Å²) < 4.78 is 25.7. The van der Waals surface area contributed by atoms with Crippen LogP contribution >= 0.6 is 0 Å². The van der Waals surface area contributed by atoms with Gasteiger partial charge in [-0.2, -0.15) is 0 Å². The second kappa shape index (κ2) is 2.52. The standard InChI is InChI=1S/C9H9F2N/c10-5-1-2-8(11)6(3-5)7-4-9(7)12/h1-3,7,9H,4,12H2/t7-,9+/m1/s1. The summed E-state index contributed by atoms with van der Waals surface area (Å²) >= 11 is 0. The number of benzene rings is 1. The first-order chi connectivity index (χ1) is 5.68. The lowest BCUT2D eigenvalue weighted by atomic mass is 10.1. The summed E-state index contributed by atoms with van der Waals surface area (Å²) in [5, 5.41) is 0. The quantitative estimate of drug-likeness (QED) is 0.681. The summed E-state index contributed by atoms with van der Waals surface area (Å²) in [6.45, 7) is 0. The first-order valence-electron chi connectivity index (χ1n) is 3.89. The molecular weight excluding hydrogens is 160 g/mol. The maximum absolute atomic E-state index is 13.0. The van der Waals surface area contributed by atoms with Gasteiger partial charge < -0.3 is 5.73 Å². The fraction of sp³-hybridized carbons (Fsp3) is 0.333. The zero-order valence-corrected chi connectivity index (χ0v) is 6.43. The Kier molecular flexibility index (Phi) is 1.61. The molecule has 0 spiro atoms. The van der Waals surface area contributed by atoms with Crippen LogP contribution in [0.2, 0.25) is 0 Å². The summed E-state index contributed by atoms with van der Waals surface area (Å²) in [6, 6.07) is 3.51. The average Bonchev–Trinajstić information content (AvgIpc) is 2.73. The van der Waals surface area contributed by atoms with Crippen molar-refractivity contribution >= 4 is 0 Å². The van der Waals surface area contributed by atoms with Gasteiger partial charge in [0.1, 0.15) is 11.6 Å². The predicted octanol–water partition coefficient (Wildman–Crippen LogP) is 1.78. The monoisotopic (exact) mass is 169 g/mol. The van der Waals surface area contributed by atoms with Gasteiger partial charge in [0.2, 0.25) is 0 Å². The minimum atomic E-state index is -0.398. The number of hydrogen-bond donors (Lipinski definition) is 1. The molecule has 0 saturated heterocycles. The molecule has 0 aliphatic heterocycles. The van der Waals surface area contributed by atoms with E-state index in [1.807, 2.05) is 0 Å². The van der Waals surface area contributed by atoms with E-state index in [-0.39, 0.29) is 17.8 Å². The topological polar surface area (TPSA) is 26.0 Å². The van der Waals surface area contributed by atoms with Crippen molar-refractivity contribution in [2.45, 2.75) is 18.4 Å². The molecule has 0 amide bonds. The number of nitrogens with two attached hydrogens (primary N) is 1. The van der Waals surface area contributed by atoms with Gasteiger partial charge in [-0.05, 0) is 30.2 Å². The molecule has 1 aromatic carbocycles. The SMILES string of the molecule is N[C@H]1C[C@@H]1c1cc(F)ccc1F. The second-order valence-corrected chi connectivity index (χ2v) is 3.17. The van der Waals surface area contributed by atoms with Gasteiger partial charge >= 0.3 is 0 Å². The molecule has 1 saturated carbocycles. The van der Waals surface area contributed by atoms with Gasteiger partial charge in [0.25, 0.3) is 0 Å². The molecule has 0 aromatic heterocycles. The highest BCUT2D eigenvalue weighted by Crippen LogP contribution is 2.40. The van der Waals surface area contributed by atoms with Crippen molar-refractivity contribution < 1.29 is 8.78 Å². The molecule has 2 atom stereocenters. The largest absolute Gasteiger partial charge is 0.327 e. The van der Waals surface area contributed by atoms with E-state index in [9.17, 15) is 8.78 Å². The van der Waals surface area contributed by atoms with Crippen LogP contribution in [0.5, 0.6) is 0 Å². The van der Waals surface area contributed by atoms with E-state index in [2.05, 4.69) is 0 Å². The maximum Gasteiger partial charge on any atom is 0.126 e. The Morgan fingerprint density at radius 2 is 2.00 bits per heavy atom. The Hall–Kier alpha value is -0.960. The van der Waals surface area contributed by atoms with Gasteiger partial charge in [0.15, 0.2) is 0 Å². The average molecular weight is 169 g/mol. The molecular formula is C9H9F2N. The third-order valence-electron chi connectivity index (χ3n) is 2.20. The van der Waals surface area contributed by atoms with Gasteiger partial charge in [0.05, 0.1) is 0 Å². The molecule has 64 valence electrons. The van der Waals surface area contributed by atoms with E-state index in [1.54, 1.807) is 0 Å². The number of hydrogen-bond acceptors (Lipinski definition) is 1. The van der Waals surface area contributed by atoms with Crippen molar-refractivity contribution in [3.8, 4) is 0 Å². The van der Waals surface area contributed by atoms with Crippen molar-refractivity contribution in [3.05, 3.63) is 35.4 Å². The number of halogens is 2. The molecule has 0 bridgehead atoms. The highest BCUT2D eigenvalue weighted by molar-refractivity contribution is 5.29. The van der Waals surface area contributed by atoms with Crippen LogP contribution in [0.1, 0.15) is 17.9 Å². The molecule has 1 nitrogen and oxygen atoms in total. The Balaban J connectivity index is 2.36. The van der Waals surface area contributed by atoms with Gasteiger partial charge in [-0.1, -0.05) is 0 Å². The van der Waals surface area contributed by atoms with E-state index < -0.39 is 5.82 Å². The summed E-state index contributed by atoms with van der Waals surface area (Å²) in [6.07, 6.45) is 0.764. The zero-order chi connectivity index (χ0) is 8.72. The lowest BCUT2D eigenvalue weighted by molar-refractivity contribution is 0.584. The molecule has 1 aliphatic rings. The van der Waals surface area contributed by atoms with E-state index >= 15 is 0 Å². The highest BCUT2D eigenvalue weighted by Gasteiger charge is 2.36. The predicted molar refractivity (Wildman–Crippen MR) is 41.7 cm³/mol. The van der Waals surface area contributed by atoms with Crippen LogP contribution in [0.25, 0.3) is 0 Å². The normalized spacial score (nSPS) is 27.2. The van der Waals surface area contributed by atoms with Crippen molar-refractivity contribution in [1.82, 2.24) is 0 Å². The lowest BCUT2D eigenvalue weighted by Crippen LogP contribution is -2.02. The van der Waals surface area contributed by atoms with Gasteiger partial charge in [-0.15, -0.1) is 0 Å². The van der Waals surface area contributed by atoms with E-state index in [1.165, 1.54) is 6.07 Å². The Labute approximate surface area is 69.2 Å². The van der Waals surface area contributed by atoms with Crippen LogP contribution in [0.4, 0.5) is 8.78 Å². The van der Waals surface area contributed by atoms with Gasteiger partial charge in [0, 0.05) is 12.0 Å². The summed E-state index contributed by atoms with van der Waals surface area (Å²) in [5.41, 5.74) is 5.95. The third kappa shape index (κ3) is 1.20. The highest BCUT2D eigenvalue weighted by atomic mass is 19.1. The Morgan fingerprint density at radius 1 is 1.33 bits per heavy atom. The smallest absolute Gasteiger partial charge is 0.126 e. The van der Waals surface area contributed by atoms with Crippen molar-refractivity contribution in [2.24, 2.45) is 5.73 Å². The zero-order valence-electron chi connectivity index (χ0n) is 6.43. The summed E-state index contributed by atoms with van der Waals surface area (Å²) in [7, 11) is 0. The Bertz CT molecular complexity index is 311. The van der Waals surface area contributed by atoms with E-state index in [0.29, 0.717) is 5.56 Å². The van der Waals surface area contributed by atoms with Gasteiger partial charge in [-0.25, -0.2) is 8.78 Å². The molecule has 12 heavy (non-hydrogen) atoms. The molecule has 0 unspecified atom stereocenters. The van der Waals surface area contributed by atoms with E-state index in [4.69, 9.17) is 5.73 Å². The minimum absolute atomic E-state index is 0.0151. The van der Waals surface area contributed by atoms with Crippen LogP contribution in [0.3, 0.4) is 0 Å². The molecule has 3 heteroatoms. The van der Waals surface area contributed by atoms with Crippen LogP contribution in [-0.4, -0.2) is 6.04 Å². The van der Waals surface area contributed by atoms with Crippen molar-refractivity contribution in [1.29, 1.82) is 0 Å². The molecule has 1 aromatic rings. The van der Waals surface area contributed by atoms with Gasteiger partial charge in [-0.3, -0.25) is 0 Å². The molecule has 1 aliphatic carbocycles. The third-order valence-corrected chi connectivity index (χ3v) is 2.20. The first kappa shape index (κ1) is 7.68. The van der Waals surface area contributed by atoms with Crippen LogP contribution in [0.15, 0.2) is 18.2 Å². The van der Waals surface area contributed by atoms with Crippen LogP contribution in [-0.2, 0) is 0 Å². The van der Waals surface area contributed by atoms with Crippen molar-refractivity contribution in [2.75, 3.05) is 0 Å². The molecule has 0 heterocycles. The lowest BCUT2D eigenvalue weighted by Gasteiger charge is -2.00. The molecule has 2 rings (SSSR count). The molecule has 0 radical (unpaired) electrons. The van der Waals surface area contributed by atoms with E-state index in [0.717, 1.165) is 18.6 Å². The molecule has 1 fully saturated rings. The minimum Gasteiger partial charge on any atom is -0.327 e. The Morgan fingerprint density at radius 3 is 2.58 bits per heavy atom.